The maximum atomic E-state index is 13.0. The Balaban J connectivity index is 1.31. The van der Waals surface area contributed by atoms with E-state index >= 15 is 0 Å². The number of hydrogen-bond donors (Lipinski definition) is 0. The fourth-order valence-electron chi connectivity index (χ4n) is 3.99. The first-order valence-corrected chi connectivity index (χ1v) is 11.2. The monoisotopic (exact) mass is 436 g/mol. The topological polar surface area (TPSA) is 41.4 Å². The van der Waals surface area contributed by atoms with Crippen molar-refractivity contribution in [1.82, 2.24) is 14.5 Å². The highest BCUT2D eigenvalue weighted by molar-refractivity contribution is 7.13. The summed E-state index contributed by atoms with van der Waals surface area (Å²) in [5.74, 6) is 0.00186. The summed E-state index contributed by atoms with van der Waals surface area (Å²) in [5, 5.41) is 4.65. The average molecular weight is 437 g/mol. The Morgan fingerprint density at radius 1 is 1.03 bits per heavy atom. The van der Waals surface area contributed by atoms with Crippen LogP contribution >= 0.6 is 22.9 Å². The van der Waals surface area contributed by atoms with Crippen LogP contribution < -0.4 is 4.90 Å². The number of amides is 1. The normalized spacial score (nSPS) is 14.5. The molecule has 1 aliphatic heterocycles. The van der Waals surface area contributed by atoms with Crippen molar-refractivity contribution in [1.29, 1.82) is 0 Å². The Bertz CT molecular complexity index is 1220. The number of thiazole rings is 1. The number of nitrogens with zero attached hydrogens (tertiary/aromatic N) is 4. The molecule has 2 aromatic heterocycles. The van der Waals surface area contributed by atoms with E-state index < -0.39 is 0 Å². The first-order chi connectivity index (χ1) is 14.6. The summed E-state index contributed by atoms with van der Waals surface area (Å²) in [5.41, 5.74) is 3.82. The van der Waals surface area contributed by atoms with Crippen molar-refractivity contribution in [2.24, 2.45) is 7.05 Å². The van der Waals surface area contributed by atoms with Crippen LogP contribution in [-0.2, 0) is 7.05 Å². The number of para-hydroxylation sites is 1. The minimum Gasteiger partial charge on any atom is -0.368 e. The van der Waals surface area contributed by atoms with Gasteiger partial charge in [0, 0.05) is 60.2 Å². The number of carbonyl (C=O) groups is 1. The second kappa shape index (κ2) is 7.78. The smallest absolute Gasteiger partial charge is 0.273 e. The number of aryl methyl sites for hydroxylation is 1. The molecule has 3 heterocycles. The van der Waals surface area contributed by atoms with E-state index in [1.807, 2.05) is 47.7 Å². The largest absolute Gasteiger partial charge is 0.368 e. The fraction of sp³-hybridized carbons (Fsp3) is 0.217. The predicted molar refractivity (Wildman–Crippen MR) is 124 cm³/mol. The third-order valence-electron chi connectivity index (χ3n) is 5.63. The lowest BCUT2D eigenvalue weighted by Gasteiger charge is -2.35. The molecule has 1 saturated heterocycles. The van der Waals surface area contributed by atoms with E-state index in [4.69, 9.17) is 11.6 Å². The van der Waals surface area contributed by atoms with Gasteiger partial charge in [0.25, 0.3) is 5.91 Å². The lowest BCUT2D eigenvalue weighted by Crippen LogP contribution is -2.48. The molecule has 0 unspecified atom stereocenters. The number of piperazine rings is 1. The molecule has 1 fully saturated rings. The molecule has 4 aromatic rings. The SMILES string of the molecule is Cn1c(-c2nc(C(=O)N3CCN(c4cccc(Cl)c4)CC3)cs2)cc2ccccc21. The van der Waals surface area contributed by atoms with Crippen molar-refractivity contribution >= 4 is 45.4 Å². The van der Waals surface area contributed by atoms with E-state index in [9.17, 15) is 4.79 Å². The number of halogens is 1. The van der Waals surface area contributed by atoms with Gasteiger partial charge in [-0.15, -0.1) is 11.3 Å². The van der Waals surface area contributed by atoms with Crippen LogP contribution in [0.3, 0.4) is 0 Å². The third-order valence-corrected chi connectivity index (χ3v) is 6.73. The summed E-state index contributed by atoms with van der Waals surface area (Å²) in [7, 11) is 2.04. The van der Waals surface area contributed by atoms with Gasteiger partial charge in [0.1, 0.15) is 10.7 Å². The van der Waals surface area contributed by atoms with Gasteiger partial charge in [0.15, 0.2) is 0 Å². The minimum atomic E-state index is 0.00186. The number of anilines is 1. The minimum absolute atomic E-state index is 0.00186. The lowest BCUT2D eigenvalue weighted by atomic mass is 10.2. The maximum Gasteiger partial charge on any atom is 0.273 e. The van der Waals surface area contributed by atoms with Crippen LogP contribution in [0.25, 0.3) is 21.6 Å². The number of carbonyl (C=O) groups excluding carboxylic acids is 1. The van der Waals surface area contributed by atoms with E-state index in [1.54, 1.807) is 0 Å². The van der Waals surface area contributed by atoms with Crippen LogP contribution in [0.1, 0.15) is 10.5 Å². The van der Waals surface area contributed by atoms with Crippen LogP contribution in [0.2, 0.25) is 5.02 Å². The summed E-state index contributed by atoms with van der Waals surface area (Å²) in [6.07, 6.45) is 0. The van der Waals surface area contributed by atoms with Crippen molar-refractivity contribution in [3.05, 3.63) is 70.7 Å². The Morgan fingerprint density at radius 2 is 1.83 bits per heavy atom. The Labute approximate surface area is 184 Å². The van der Waals surface area contributed by atoms with Crippen molar-refractivity contribution < 1.29 is 4.79 Å². The quantitative estimate of drug-likeness (QED) is 0.458. The van der Waals surface area contributed by atoms with Crippen LogP contribution in [0.4, 0.5) is 5.69 Å². The molecule has 30 heavy (non-hydrogen) atoms. The molecule has 7 heteroatoms. The highest BCUT2D eigenvalue weighted by atomic mass is 35.5. The van der Waals surface area contributed by atoms with Gasteiger partial charge in [-0.25, -0.2) is 4.98 Å². The van der Waals surface area contributed by atoms with Crippen LogP contribution in [0, 0.1) is 0 Å². The van der Waals surface area contributed by atoms with Crippen LogP contribution in [-0.4, -0.2) is 46.5 Å². The Kier molecular flexibility index (Phi) is 4.97. The number of rotatable bonds is 3. The van der Waals surface area contributed by atoms with Gasteiger partial charge in [-0.3, -0.25) is 4.79 Å². The van der Waals surface area contributed by atoms with Crippen molar-refractivity contribution in [2.45, 2.75) is 0 Å². The third kappa shape index (κ3) is 3.46. The summed E-state index contributed by atoms with van der Waals surface area (Å²) in [6, 6.07) is 18.2. The van der Waals surface area contributed by atoms with E-state index in [1.165, 1.54) is 16.7 Å². The molecule has 0 spiro atoms. The zero-order chi connectivity index (χ0) is 20.7. The molecular formula is C23H21ClN4OS. The van der Waals surface area contributed by atoms with E-state index in [-0.39, 0.29) is 5.91 Å². The maximum absolute atomic E-state index is 13.0. The second-order valence-electron chi connectivity index (χ2n) is 7.44. The van der Waals surface area contributed by atoms with Gasteiger partial charge >= 0.3 is 0 Å². The first kappa shape index (κ1) is 19.2. The van der Waals surface area contributed by atoms with Gasteiger partial charge in [-0.1, -0.05) is 35.9 Å². The molecule has 0 aliphatic carbocycles. The van der Waals surface area contributed by atoms with Crippen molar-refractivity contribution in [3.8, 4) is 10.7 Å². The van der Waals surface area contributed by atoms with Gasteiger partial charge in [-0.05, 0) is 30.3 Å². The molecule has 5 nitrogen and oxygen atoms in total. The second-order valence-corrected chi connectivity index (χ2v) is 8.74. The number of fused-ring (bicyclic) bond motifs is 1. The molecule has 5 rings (SSSR count). The lowest BCUT2D eigenvalue weighted by molar-refractivity contribution is 0.0742. The average Bonchev–Trinajstić information content (AvgIpc) is 3.39. The first-order valence-electron chi connectivity index (χ1n) is 9.90. The fourth-order valence-corrected chi connectivity index (χ4v) is 5.02. The summed E-state index contributed by atoms with van der Waals surface area (Å²) < 4.78 is 2.13. The Hall–Kier alpha value is -2.83. The van der Waals surface area contributed by atoms with Crippen LogP contribution in [0.5, 0.6) is 0 Å². The van der Waals surface area contributed by atoms with Gasteiger partial charge in [-0.2, -0.15) is 0 Å². The highest BCUT2D eigenvalue weighted by Crippen LogP contribution is 2.30. The van der Waals surface area contributed by atoms with E-state index in [0.29, 0.717) is 18.8 Å². The van der Waals surface area contributed by atoms with Gasteiger partial charge in [0.2, 0.25) is 0 Å². The predicted octanol–water partition coefficient (Wildman–Crippen LogP) is 4.92. The molecule has 152 valence electrons. The zero-order valence-corrected chi connectivity index (χ0v) is 18.2. The molecule has 0 bridgehead atoms. The van der Waals surface area contributed by atoms with Gasteiger partial charge < -0.3 is 14.4 Å². The van der Waals surface area contributed by atoms with E-state index in [2.05, 4.69) is 38.7 Å². The summed E-state index contributed by atoms with van der Waals surface area (Å²) in [4.78, 5) is 21.9. The molecule has 0 N–H and O–H groups in total. The molecular weight excluding hydrogens is 416 g/mol. The molecule has 0 radical (unpaired) electrons. The van der Waals surface area contributed by atoms with Gasteiger partial charge in [0.05, 0.1) is 5.69 Å². The molecule has 0 saturated carbocycles. The number of hydrogen-bond acceptors (Lipinski definition) is 4. The van der Waals surface area contributed by atoms with Crippen molar-refractivity contribution in [3.63, 3.8) is 0 Å². The highest BCUT2D eigenvalue weighted by Gasteiger charge is 2.24. The summed E-state index contributed by atoms with van der Waals surface area (Å²) >= 11 is 7.63. The van der Waals surface area contributed by atoms with E-state index in [0.717, 1.165) is 40.0 Å². The Morgan fingerprint density at radius 3 is 2.60 bits per heavy atom. The molecule has 2 aromatic carbocycles. The number of aromatic nitrogens is 2. The number of benzene rings is 2. The molecule has 0 atom stereocenters. The zero-order valence-electron chi connectivity index (χ0n) is 16.6. The standard InChI is InChI=1S/C23H21ClN4OS/c1-26-20-8-3-2-5-16(20)13-21(26)22-25-19(15-30-22)23(29)28-11-9-27(10-12-28)18-7-4-6-17(24)14-18/h2-8,13-15H,9-12H2,1H3. The molecule has 1 aliphatic rings. The molecule has 1 amide bonds. The van der Waals surface area contributed by atoms with Crippen LogP contribution in [0.15, 0.2) is 60.0 Å². The summed E-state index contributed by atoms with van der Waals surface area (Å²) in [6.45, 7) is 2.91. The van der Waals surface area contributed by atoms with Crippen molar-refractivity contribution in [2.75, 3.05) is 31.1 Å².